The van der Waals surface area contributed by atoms with Crippen molar-refractivity contribution in [2.45, 2.75) is 32.5 Å². The molecule has 0 spiro atoms. The van der Waals surface area contributed by atoms with Crippen LogP contribution in [-0.2, 0) is 22.7 Å². The Balaban J connectivity index is 1.58. The van der Waals surface area contributed by atoms with Crippen molar-refractivity contribution in [3.63, 3.8) is 0 Å². The van der Waals surface area contributed by atoms with E-state index in [2.05, 4.69) is 15.6 Å². The number of amides is 2. The Morgan fingerprint density at radius 3 is 3.04 bits per heavy atom. The van der Waals surface area contributed by atoms with E-state index in [1.807, 2.05) is 24.0 Å². The minimum Gasteiger partial charge on any atom is -0.497 e. The number of carbonyl (C=O) groups is 2. The molecule has 3 heterocycles. The van der Waals surface area contributed by atoms with Crippen LogP contribution in [0.5, 0.6) is 5.75 Å². The zero-order valence-electron chi connectivity index (χ0n) is 15.5. The Bertz CT molecular complexity index is 805. The lowest BCUT2D eigenvalue weighted by molar-refractivity contribution is -0.134. The van der Waals surface area contributed by atoms with Crippen LogP contribution in [0.4, 0.5) is 0 Å². The highest BCUT2D eigenvalue weighted by molar-refractivity contribution is 5.88. The summed E-state index contributed by atoms with van der Waals surface area (Å²) in [5.41, 5.74) is 0.693. The summed E-state index contributed by atoms with van der Waals surface area (Å²) in [7, 11) is 1.58. The SMILES string of the molecule is COc1ccnc(CNC(=O)CC2C(=O)NCCN2Cc2ccc(C)o2)c1. The van der Waals surface area contributed by atoms with E-state index in [0.29, 0.717) is 31.1 Å². The molecular weight excluding hydrogens is 348 g/mol. The highest BCUT2D eigenvalue weighted by Crippen LogP contribution is 2.16. The molecule has 2 aromatic heterocycles. The highest BCUT2D eigenvalue weighted by Gasteiger charge is 2.32. The number of hydrogen-bond acceptors (Lipinski definition) is 6. The summed E-state index contributed by atoms with van der Waals surface area (Å²) in [5.74, 6) is 1.95. The number of carbonyl (C=O) groups excluding carboxylic acids is 2. The van der Waals surface area contributed by atoms with Gasteiger partial charge in [-0.25, -0.2) is 0 Å². The van der Waals surface area contributed by atoms with Gasteiger partial charge in [0.25, 0.3) is 0 Å². The van der Waals surface area contributed by atoms with E-state index in [9.17, 15) is 9.59 Å². The molecule has 2 aromatic rings. The van der Waals surface area contributed by atoms with E-state index in [1.54, 1.807) is 25.4 Å². The number of nitrogens with zero attached hydrogens (tertiary/aromatic N) is 2. The summed E-state index contributed by atoms with van der Waals surface area (Å²) in [5, 5.41) is 5.65. The first-order valence-corrected chi connectivity index (χ1v) is 8.88. The summed E-state index contributed by atoms with van der Waals surface area (Å²) in [4.78, 5) is 30.9. The fraction of sp³-hybridized carbons (Fsp3) is 0.421. The molecule has 0 saturated carbocycles. The maximum Gasteiger partial charge on any atom is 0.237 e. The highest BCUT2D eigenvalue weighted by atomic mass is 16.5. The van der Waals surface area contributed by atoms with Crippen molar-refractivity contribution in [1.82, 2.24) is 20.5 Å². The molecule has 1 aliphatic heterocycles. The van der Waals surface area contributed by atoms with Gasteiger partial charge in [-0.15, -0.1) is 0 Å². The first-order chi connectivity index (χ1) is 13.0. The van der Waals surface area contributed by atoms with Crippen LogP contribution in [0, 0.1) is 6.92 Å². The quantitative estimate of drug-likeness (QED) is 0.753. The molecule has 2 amide bonds. The Morgan fingerprint density at radius 1 is 1.44 bits per heavy atom. The van der Waals surface area contributed by atoms with Gasteiger partial charge < -0.3 is 19.8 Å². The van der Waals surface area contributed by atoms with E-state index >= 15 is 0 Å². The second kappa shape index (κ2) is 8.68. The molecule has 2 N–H and O–H groups in total. The molecule has 1 fully saturated rings. The van der Waals surface area contributed by atoms with Gasteiger partial charge in [0.1, 0.15) is 17.3 Å². The third-order valence-corrected chi connectivity index (χ3v) is 4.47. The predicted molar refractivity (Wildman–Crippen MR) is 97.9 cm³/mol. The molecule has 8 heteroatoms. The van der Waals surface area contributed by atoms with Gasteiger partial charge in [0.15, 0.2) is 0 Å². The van der Waals surface area contributed by atoms with Gasteiger partial charge in [-0.3, -0.25) is 19.5 Å². The average Bonchev–Trinajstić information content (AvgIpc) is 3.08. The van der Waals surface area contributed by atoms with Gasteiger partial charge in [-0.2, -0.15) is 0 Å². The molecule has 1 unspecified atom stereocenters. The third kappa shape index (κ3) is 5.07. The second-order valence-electron chi connectivity index (χ2n) is 6.46. The number of methoxy groups -OCH3 is 1. The van der Waals surface area contributed by atoms with Crippen molar-refractivity contribution in [3.8, 4) is 5.75 Å². The van der Waals surface area contributed by atoms with Crippen molar-refractivity contribution >= 4 is 11.8 Å². The van der Waals surface area contributed by atoms with E-state index in [0.717, 1.165) is 11.5 Å². The summed E-state index contributed by atoms with van der Waals surface area (Å²) >= 11 is 0. The fourth-order valence-corrected chi connectivity index (χ4v) is 3.06. The number of pyridine rings is 1. The van der Waals surface area contributed by atoms with Crippen LogP contribution >= 0.6 is 0 Å². The van der Waals surface area contributed by atoms with Gasteiger partial charge in [0.2, 0.25) is 11.8 Å². The number of aromatic nitrogens is 1. The summed E-state index contributed by atoms with van der Waals surface area (Å²) < 4.78 is 10.8. The fourth-order valence-electron chi connectivity index (χ4n) is 3.06. The number of hydrogen-bond donors (Lipinski definition) is 2. The molecule has 144 valence electrons. The van der Waals surface area contributed by atoms with Crippen molar-refractivity contribution in [3.05, 3.63) is 47.7 Å². The van der Waals surface area contributed by atoms with Gasteiger partial charge in [-0.05, 0) is 25.1 Å². The van der Waals surface area contributed by atoms with Crippen LogP contribution < -0.4 is 15.4 Å². The molecule has 1 saturated heterocycles. The Labute approximate surface area is 157 Å². The lowest BCUT2D eigenvalue weighted by atomic mass is 10.1. The number of aryl methyl sites for hydroxylation is 1. The monoisotopic (exact) mass is 372 g/mol. The van der Waals surface area contributed by atoms with Crippen molar-refractivity contribution in [1.29, 1.82) is 0 Å². The van der Waals surface area contributed by atoms with E-state index in [4.69, 9.17) is 9.15 Å². The zero-order valence-corrected chi connectivity index (χ0v) is 15.5. The predicted octanol–water partition coefficient (Wildman–Crippen LogP) is 0.999. The number of nitrogens with one attached hydrogen (secondary N) is 2. The molecule has 0 bridgehead atoms. The largest absolute Gasteiger partial charge is 0.497 e. The van der Waals surface area contributed by atoms with Crippen molar-refractivity contribution in [2.24, 2.45) is 0 Å². The molecule has 0 aliphatic carbocycles. The summed E-state index contributed by atoms with van der Waals surface area (Å²) in [6.07, 6.45) is 1.71. The van der Waals surface area contributed by atoms with Gasteiger partial charge in [-0.1, -0.05) is 0 Å². The molecule has 0 radical (unpaired) electrons. The maximum atomic E-state index is 12.4. The van der Waals surface area contributed by atoms with Gasteiger partial charge in [0.05, 0.1) is 38.4 Å². The first-order valence-electron chi connectivity index (χ1n) is 8.88. The molecular formula is C19H24N4O4. The Kier molecular flexibility index (Phi) is 6.08. The number of furan rings is 1. The lowest BCUT2D eigenvalue weighted by Gasteiger charge is -2.34. The average molecular weight is 372 g/mol. The van der Waals surface area contributed by atoms with Crippen LogP contribution in [0.2, 0.25) is 0 Å². The van der Waals surface area contributed by atoms with E-state index in [1.165, 1.54) is 0 Å². The standard InChI is InChI=1S/C19H24N4O4/c1-13-3-4-16(27-13)12-23-8-7-21-19(25)17(23)10-18(24)22-11-14-9-15(26-2)5-6-20-14/h3-6,9,17H,7-8,10-12H2,1-2H3,(H,21,25)(H,22,24). The maximum absolute atomic E-state index is 12.4. The minimum atomic E-state index is -0.526. The Hall–Kier alpha value is -2.87. The molecule has 1 aliphatic rings. The van der Waals surface area contributed by atoms with Crippen LogP contribution in [0.15, 0.2) is 34.9 Å². The summed E-state index contributed by atoms with van der Waals surface area (Å²) in [6.45, 7) is 3.88. The number of ether oxygens (including phenoxy) is 1. The normalized spacial score (nSPS) is 17.4. The van der Waals surface area contributed by atoms with Crippen molar-refractivity contribution in [2.75, 3.05) is 20.2 Å². The summed E-state index contributed by atoms with van der Waals surface area (Å²) in [6, 6.07) is 6.77. The molecule has 0 aromatic carbocycles. The zero-order chi connectivity index (χ0) is 19.2. The van der Waals surface area contributed by atoms with Crippen LogP contribution in [0.25, 0.3) is 0 Å². The molecule has 3 rings (SSSR count). The Morgan fingerprint density at radius 2 is 2.30 bits per heavy atom. The van der Waals surface area contributed by atoms with Crippen LogP contribution in [0.3, 0.4) is 0 Å². The number of piperazine rings is 1. The second-order valence-corrected chi connectivity index (χ2v) is 6.46. The van der Waals surface area contributed by atoms with Crippen LogP contribution in [-0.4, -0.2) is 47.9 Å². The number of rotatable bonds is 7. The third-order valence-electron chi connectivity index (χ3n) is 4.47. The van der Waals surface area contributed by atoms with Gasteiger partial charge in [0, 0.05) is 25.4 Å². The topological polar surface area (TPSA) is 96.7 Å². The molecule has 1 atom stereocenters. The smallest absolute Gasteiger partial charge is 0.237 e. The van der Waals surface area contributed by atoms with Gasteiger partial charge >= 0.3 is 0 Å². The van der Waals surface area contributed by atoms with E-state index < -0.39 is 6.04 Å². The molecule has 27 heavy (non-hydrogen) atoms. The molecule has 8 nitrogen and oxygen atoms in total. The van der Waals surface area contributed by atoms with Crippen molar-refractivity contribution < 1.29 is 18.7 Å². The first kappa shape index (κ1) is 18.9. The minimum absolute atomic E-state index is 0.0789. The van der Waals surface area contributed by atoms with Crippen LogP contribution in [0.1, 0.15) is 23.6 Å². The lowest BCUT2D eigenvalue weighted by Crippen LogP contribution is -2.56. The van der Waals surface area contributed by atoms with E-state index in [-0.39, 0.29) is 24.8 Å².